The summed E-state index contributed by atoms with van der Waals surface area (Å²) in [5.41, 5.74) is 1.18. The van der Waals surface area contributed by atoms with Crippen molar-refractivity contribution in [3.63, 3.8) is 0 Å². The first-order valence-corrected chi connectivity index (χ1v) is 10.8. The number of nitrogens with zero attached hydrogens (tertiary/aromatic N) is 6. The lowest BCUT2D eigenvalue weighted by Crippen LogP contribution is -2.47. The zero-order chi connectivity index (χ0) is 24.0. The van der Waals surface area contributed by atoms with Crippen LogP contribution in [0.2, 0.25) is 0 Å². The Hall–Kier alpha value is -2.73. The van der Waals surface area contributed by atoms with Gasteiger partial charge in [-0.05, 0) is 24.9 Å². The van der Waals surface area contributed by atoms with Crippen molar-refractivity contribution in [3.8, 4) is 0 Å². The highest BCUT2D eigenvalue weighted by molar-refractivity contribution is 5.73. The second-order valence-corrected chi connectivity index (χ2v) is 8.14. The molecule has 2 aromatic rings. The fraction of sp³-hybridized carbons (Fsp3) is 0.619. The number of aliphatic carboxylic acids is 1. The average molecular weight is 470 g/mol. The monoisotopic (exact) mass is 470 g/mol. The van der Waals surface area contributed by atoms with Gasteiger partial charge in [-0.25, -0.2) is 19.7 Å². The molecule has 2 aliphatic rings. The number of alkyl halides is 3. The summed E-state index contributed by atoms with van der Waals surface area (Å²) >= 11 is 0. The van der Waals surface area contributed by atoms with Crippen LogP contribution in [0.1, 0.15) is 24.7 Å². The molecule has 9 nitrogen and oxygen atoms in total. The lowest BCUT2D eigenvalue weighted by molar-refractivity contribution is -0.192. The van der Waals surface area contributed by atoms with E-state index in [2.05, 4.69) is 43.3 Å². The van der Waals surface area contributed by atoms with Gasteiger partial charge in [0.1, 0.15) is 5.82 Å². The first kappa shape index (κ1) is 24.9. The maximum atomic E-state index is 10.6. The lowest BCUT2D eigenvalue weighted by atomic mass is 9.93. The summed E-state index contributed by atoms with van der Waals surface area (Å²) in [6.45, 7) is 7.64. The largest absolute Gasteiger partial charge is 0.490 e. The Morgan fingerprint density at radius 3 is 2.48 bits per heavy atom. The number of ether oxygens (including phenoxy) is 1. The number of halogens is 3. The number of carboxylic acid groups (broad SMARTS) is 1. The molecule has 2 saturated heterocycles. The predicted octanol–water partition coefficient (Wildman–Crippen LogP) is 2.13. The van der Waals surface area contributed by atoms with E-state index in [9.17, 15) is 13.2 Å². The molecule has 12 heteroatoms. The number of carboxylic acids is 1. The Bertz CT molecular complexity index is 905. The van der Waals surface area contributed by atoms with Crippen molar-refractivity contribution in [2.24, 2.45) is 13.0 Å². The molecule has 33 heavy (non-hydrogen) atoms. The quantitative estimate of drug-likeness (QED) is 0.726. The fourth-order valence-corrected chi connectivity index (χ4v) is 3.88. The molecule has 2 aromatic heterocycles. The summed E-state index contributed by atoms with van der Waals surface area (Å²) < 4.78 is 40.0. The van der Waals surface area contributed by atoms with Crippen LogP contribution >= 0.6 is 0 Å². The molecule has 0 aromatic carbocycles. The van der Waals surface area contributed by atoms with E-state index in [0.717, 1.165) is 63.9 Å². The summed E-state index contributed by atoms with van der Waals surface area (Å²) in [6, 6.07) is 0. The van der Waals surface area contributed by atoms with E-state index in [-0.39, 0.29) is 6.10 Å². The molecule has 4 heterocycles. The fourth-order valence-electron chi connectivity index (χ4n) is 3.88. The lowest BCUT2D eigenvalue weighted by Gasteiger charge is -2.37. The van der Waals surface area contributed by atoms with Crippen LogP contribution in [0.5, 0.6) is 0 Å². The van der Waals surface area contributed by atoms with E-state index in [4.69, 9.17) is 14.6 Å². The van der Waals surface area contributed by atoms with Gasteiger partial charge in [-0.3, -0.25) is 4.90 Å². The molecular formula is C21H29F3N6O3. The van der Waals surface area contributed by atoms with Crippen molar-refractivity contribution in [2.45, 2.75) is 38.6 Å². The number of fused-ring (bicyclic) bond motifs is 1. The molecule has 182 valence electrons. The molecule has 2 aliphatic heterocycles. The summed E-state index contributed by atoms with van der Waals surface area (Å²) in [6.07, 6.45) is 5.07. The van der Waals surface area contributed by atoms with Crippen molar-refractivity contribution in [3.05, 3.63) is 36.2 Å². The van der Waals surface area contributed by atoms with Crippen LogP contribution in [-0.4, -0.2) is 80.6 Å². The molecule has 0 spiro atoms. The number of likely N-dealkylation sites (tertiary alicyclic amines) is 1. The molecule has 0 aliphatic carbocycles. The molecule has 0 unspecified atom stereocenters. The number of aryl methyl sites for hydroxylation is 2. The minimum absolute atomic E-state index is 0.281. The molecule has 2 fully saturated rings. The maximum absolute atomic E-state index is 10.6. The van der Waals surface area contributed by atoms with E-state index in [0.29, 0.717) is 5.92 Å². The SMILES string of the molecule is CCc1cnc(N2CCO[C@@H]3CN(Cc4nccn4C)CC[C@@H]3C2)nc1.O=C(O)C(F)(F)F. The minimum atomic E-state index is -5.08. The Morgan fingerprint density at radius 2 is 1.91 bits per heavy atom. The zero-order valence-corrected chi connectivity index (χ0v) is 18.7. The Kier molecular flexibility index (Phi) is 8.25. The second kappa shape index (κ2) is 10.9. The van der Waals surface area contributed by atoms with E-state index in [1.165, 1.54) is 5.56 Å². The number of piperidine rings is 1. The summed E-state index contributed by atoms with van der Waals surface area (Å²) in [5.74, 6) is -0.276. The van der Waals surface area contributed by atoms with Gasteiger partial charge in [-0.15, -0.1) is 0 Å². The normalized spacial score (nSPS) is 21.5. The number of hydrogen-bond acceptors (Lipinski definition) is 7. The Balaban J connectivity index is 0.000000383. The van der Waals surface area contributed by atoms with Crippen molar-refractivity contribution in [1.82, 2.24) is 24.4 Å². The van der Waals surface area contributed by atoms with Crippen LogP contribution in [0.25, 0.3) is 0 Å². The standard InChI is InChI=1S/C19H28N6O.C2HF3O2/c1-3-15-10-21-19(22-11-15)25-8-9-26-17-13-24(6-4-16(17)12-25)14-18-20-5-7-23(18)2;3-2(4,5)1(6)7/h5,7,10-11,16-17H,3-4,6,8-9,12-14H2,1-2H3;(H,6,7)/t16-,17-;/m1./s1. The second-order valence-electron chi connectivity index (χ2n) is 8.14. The van der Waals surface area contributed by atoms with E-state index >= 15 is 0 Å². The van der Waals surface area contributed by atoms with Gasteiger partial charge in [-0.1, -0.05) is 6.92 Å². The summed E-state index contributed by atoms with van der Waals surface area (Å²) in [5, 5.41) is 7.12. The first-order chi connectivity index (χ1) is 15.7. The van der Waals surface area contributed by atoms with Gasteiger partial charge in [0.05, 0.1) is 19.3 Å². The molecule has 0 radical (unpaired) electrons. The molecule has 0 bridgehead atoms. The number of hydrogen-bond donors (Lipinski definition) is 1. The third kappa shape index (κ3) is 6.87. The Morgan fingerprint density at radius 1 is 1.21 bits per heavy atom. The number of aromatic nitrogens is 4. The molecule has 2 atom stereocenters. The summed E-state index contributed by atoms with van der Waals surface area (Å²) in [4.78, 5) is 27.2. The molecule has 0 saturated carbocycles. The van der Waals surface area contributed by atoms with Gasteiger partial charge in [0, 0.05) is 57.4 Å². The highest BCUT2D eigenvalue weighted by atomic mass is 19.4. The Labute approximate surface area is 190 Å². The zero-order valence-electron chi connectivity index (χ0n) is 18.7. The van der Waals surface area contributed by atoms with Crippen molar-refractivity contribution in [2.75, 3.05) is 37.7 Å². The van der Waals surface area contributed by atoms with E-state index in [1.807, 2.05) is 24.8 Å². The van der Waals surface area contributed by atoms with Gasteiger partial charge < -0.3 is 19.3 Å². The van der Waals surface area contributed by atoms with E-state index < -0.39 is 12.1 Å². The summed E-state index contributed by atoms with van der Waals surface area (Å²) in [7, 11) is 2.05. The van der Waals surface area contributed by atoms with Gasteiger partial charge in [0.15, 0.2) is 0 Å². The molecule has 4 rings (SSSR count). The highest BCUT2D eigenvalue weighted by Gasteiger charge is 2.38. The van der Waals surface area contributed by atoms with Gasteiger partial charge in [-0.2, -0.15) is 13.2 Å². The third-order valence-corrected chi connectivity index (χ3v) is 5.84. The molecule has 1 N–H and O–H groups in total. The number of rotatable bonds is 4. The molecule has 0 amide bonds. The van der Waals surface area contributed by atoms with Gasteiger partial charge in [0.2, 0.25) is 5.95 Å². The van der Waals surface area contributed by atoms with Gasteiger partial charge >= 0.3 is 12.1 Å². The number of anilines is 1. The maximum Gasteiger partial charge on any atom is 0.490 e. The highest BCUT2D eigenvalue weighted by Crippen LogP contribution is 2.26. The average Bonchev–Trinajstić information content (AvgIpc) is 3.06. The number of carbonyl (C=O) groups is 1. The smallest absolute Gasteiger partial charge is 0.475 e. The minimum Gasteiger partial charge on any atom is -0.475 e. The van der Waals surface area contributed by atoms with E-state index in [1.54, 1.807) is 0 Å². The number of imidazole rings is 1. The topological polar surface area (TPSA) is 96.6 Å². The third-order valence-electron chi connectivity index (χ3n) is 5.84. The van der Waals surface area contributed by atoms with Gasteiger partial charge in [0.25, 0.3) is 0 Å². The first-order valence-electron chi connectivity index (χ1n) is 10.8. The van der Waals surface area contributed by atoms with Crippen molar-refractivity contribution >= 4 is 11.9 Å². The van der Waals surface area contributed by atoms with Crippen LogP contribution in [0.15, 0.2) is 24.8 Å². The van der Waals surface area contributed by atoms with Crippen molar-refractivity contribution < 1.29 is 27.8 Å². The molecular weight excluding hydrogens is 441 g/mol. The van der Waals surface area contributed by atoms with Crippen molar-refractivity contribution in [1.29, 1.82) is 0 Å². The van der Waals surface area contributed by atoms with Crippen LogP contribution < -0.4 is 4.90 Å². The van der Waals surface area contributed by atoms with Crippen LogP contribution in [0, 0.1) is 5.92 Å². The van der Waals surface area contributed by atoms with Crippen LogP contribution in [0.4, 0.5) is 19.1 Å². The predicted molar refractivity (Wildman–Crippen MR) is 114 cm³/mol. The van der Waals surface area contributed by atoms with Crippen LogP contribution in [0.3, 0.4) is 0 Å². The van der Waals surface area contributed by atoms with Crippen LogP contribution in [-0.2, 0) is 29.5 Å².